The van der Waals surface area contributed by atoms with E-state index >= 15 is 0 Å². The average molecular weight is 413 g/mol. The zero-order valence-corrected chi connectivity index (χ0v) is 17.8. The van der Waals surface area contributed by atoms with Crippen LogP contribution in [0.1, 0.15) is 30.5 Å². The van der Waals surface area contributed by atoms with E-state index in [2.05, 4.69) is 55.2 Å². The Bertz CT molecular complexity index is 1150. The normalized spacial score (nSPS) is 21.6. The molecule has 1 saturated heterocycles. The molecule has 4 heteroatoms. The molecule has 1 atom stereocenters. The number of benzene rings is 3. The molecule has 2 aliphatic rings. The summed E-state index contributed by atoms with van der Waals surface area (Å²) in [5, 5.41) is 0. The number of carbonyl (C=O) groups is 1. The van der Waals surface area contributed by atoms with Crippen LogP contribution in [-0.4, -0.2) is 23.0 Å². The first-order valence-corrected chi connectivity index (χ1v) is 10.6. The summed E-state index contributed by atoms with van der Waals surface area (Å²) in [7, 11) is 0. The first-order chi connectivity index (χ1) is 14.9. The fraction of sp³-hybridized carbons (Fsp3) is 0.222. The van der Waals surface area contributed by atoms with Gasteiger partial charge in [0.2, 0.25) is 5.91 Å². The van der Waals surface area contributed by atoms with Crippen LogP contribution in [0.5, 0.6) is 0 Å². The predicted molar refractivity (Wildman–Crippen MR) is 122 cm³/mol. The first kappa shape index (κ1) is 19.6. The van der Waals surface area contributed by atoms with Crippen molar-refractivity contribution in [2.75, 3.05) is 11.4 Å². The van der Waals surface area contributed by atoms with Crippen molar-refractivity contribution in [3.63, 3.8) is 0 Å². The minimum atomic E-state index is -0.655. The summed E-state index contributed by atoms with van der Waals surface area (Å²) < 4.78 is 13.4. The van der Waals surface area contributed by atoms with Gasteiger partial charge < -0.3 is 9.80 Å². The molecule has 0 N–H and O–H groups in total. The molecule has 2 heterocycles. The maximum atomic E-state index is 13.4. The van der Waals surface area contributed by atoms with Crippen LogP contribution < -0.4 is 4.90 Å². The molecule has 1 amide bonds. The summed E-state index contributed by atoms with van der Waals surface area (Å²) in [6.07, 6.45) is 4.14. The molecule has 0 aromatic heterocycles. The van der Waals surface area contributed by atoms with Gasteiger partial charge in [-0.05, 0) is 41.0 Å². The molecular weight excluding hydrogens is 387 g/mol. The van der Waals surface area contributed by atoms with Crippen molar-refractivity contribution in [3.05, 3.63) is 107 Å². The molecule has 0 saturated carbocycles. The van der Waals surface area contributed by atoms with Gasteiger partial charge in [-0.25, -0.2) is 4.39 Å². The number of halogens is 1. The van der Waals surface area contributed by atoms with E-state index in [9.17, 15) is 9.18 Å². The van der Waals surface area contributed by atoms with Crippen LogP contribution in [0.25, 0.3) is 6.08 Å². The lowest BCUT2D eigenvalue weighted by Gasteiger charge is -2.46. The Hall–Kier alpha value is -3.40. The van der Waals surface area contributed by atoms with Gasteiger partial charge in [0.15, 0.2) is 0 Å². The summed E-state index contributed by atoms with van der Waals surface area (Å²) in [6.45, 7) is 5.28. The van der Waals surface area contributed by atoms with Crippen molar-refractivity contribution >= 4 is 17.7 Å². The maximum Gasteiger partial charge on any atom is 0.244 e. The van der Waals surface area contributed by atoms with Crippen LogP contribution in [-0.2, 0) is 16.8 Å². The topological polar surface area (TPSA) is 23.6 Å². The lowest BCUT2D eigenvalue weighted by molar-refractivity contribution is -0.131. The van der Waals surface area contributed by atoms with Crippen molar-refractivity contribution in [2.24, 2.45) is 0 Å². The minimum absolute atomic E-state index is 0.107. The van der Waals surface area contributed by atoms with Gasteiger partial charge in [0.05, 0.1) is 6.54 Å². The Balaban J connectivity index is 1.66. The number of amides is 1. The van der Waals surface area contributed by atoms with Gasteiger partial charge in [0, 0.05) is 17.6 Å². The fourth-order valence-corrected chi connectivity index (χ4v) is 5.21. The molecule has 0 radical (unpaired) electrons. The van der Waals surface area contributed by atoms with Crippen LogP contribution in [0.2, 0.25) is 0 Å². The highest BCUT2D eigenvalue weighted by Gasteiger charge is 2.63. The predicted octanol–water partition coefficient (Wildman–Crippen LogP) is 5.38. The van der Waals surface area contributed by atoms with Gasteiger partial charge in [-0.3, -0.25) is 4.79 Å². The number of nitrogens with zero attached hydrogens (tertiary/aromatic N) is 2. The number of rotatable bonds is 4. The number of fused-ring (bicyclic) bond motifs is 3. The third-order valence-corrected chi connectivity index (χ3v) is 6.77. The van der Waals surface area contributed by atoms with Crippen molar-refractivity contribution < 1.29 is 9.18 Å². The van der Waals surface area contributed by atoms with E-state index in [4.69, 9.17) is 0 Å². The van der Waals surface area contributed by atoms with Gasteiger partial charge >= 0.3 is 0 Å². The van der Waals surface area contributed by atoms with E-state index in [1.807, 2.05) is 35.2 Å². The molecule has 3 aromatic rings. The van der Waals surface area contributed by atoms with E-state index < -0.39 is 5.66 Å². The molecule has 3 nitrogen and oxygen atoms in total. The van der Waals surface area contributed by atoms with Crippen molar-refractivity contribution in [1.82, 2.24) is 4.90 Å². The Morgan fingerprint density at radius 3 is 2.35 bits per heavy atom. The summed E-state index contributed by atoms with van der Waals surface area (Å²) in [6, 6.07) is 24.9. The summed E-state index contributed by atoms with van der Waals surface area (Å²) in [4.78, 5) is 17.6. The molecule has 0 bridgehead atoms. The second-order valence-corrected chi connectivity index (χ2v) is 8.80. The van der Waals surface area contributed by atoms with Crippen LogP contribution in [0.15, 0.2) is 84.9 Å². The van der Waals surface area contributed by atoms with Gasteiger partial charge in [-0.15, -0.1) is 0 Å². The highest BCUT2D eigenvalue weighted by molar-refractivity contribution is 5.91. The summed E-state index contributed by atoms with van der Waals surface area (Å²) in [5.41, 5.74) is 3.32. The number of anilines is 1. The molecule has 0 aliphatic carbocycles. The largest absolute Gasteiger partial charge is 0.335 e. The monoisotopic (exact) mass is 412 g/mol. The highest BCUT2D eigenvalue weighted by atomic mass is 19.1. The standard InChI is InChI=1S/C27H25FN2O/c1-26(2)23-10-6-7-11-24(23)29-19-25(31)30(18-21-8-4-3-5-9-21)27(26,29)17-16-20-12-14-22(28)15-13-20/h3-17H,18-19H2,1-2H3/b17-16+/t27-/m0/s1. The van der Waals surface area contributed by atoms with Crippen molar-refractivity contribution in [3.8, 4) is 0 Å². The Morgan fingerprint density at radius 1 is 0.935 bits per heavy atom. The number of hydrogen-bond acceptors (Lipinski definition) is 2. The third-order valence-electron chi connectivity index (χ3n) is 6.77. The van der Waals surface area contributed by atoms with Crippen LogP contribution >= 0.6 is 0 Å². The fourth-order valence-electron chi connectivity index (χ4n) is 5.21. The van der Waals surface area contributed by atoms with Gasteiger partial charge in [-0.1, -0.05) is 80.6 Å². The molecule has 3 aromatic carbocycles. The van der Waals surface area contributed by atoms with E-state index in [0.717, 1.165) is 16.8 Å². The Morgan fingerprint density at radius 2 is 1.61 bits per heavy atom. The number of hydrogen-bond donors (Lipinski definition) is 0. The lowest BCUT2D eigenvalue weighted by Crippen LogP contribution is -2.60. The van der Waals surface area contributed by atoms with Gasteiger partial charge in [0.25, 0.3) is 0 Å². The average Bonchev–Trinajstić information content (AvgIpc) is 3.16. The zero-order valence-electron chi connectivity index (χ0n) is 17.8. The van der Waals surface area contributed by atoms with Gasteiger partial charge in [0.1, 0.15) is 11.5 Å². The third kappa shape index (κ3) is 2.89. The Kier molecular flexibility index (Phi) is 4.47. The zero-order chi connectivity index (χ0) is 21.6. The molecule has 0 spiro atoms. The second-order valence-electron chi connectivity index (χ2n) is 8.80. The number of para-hydroxylation sites is 1. The second kappa shape index (κ2) is 7.09. The molecule has 5 rings (SSSR count). The smallest absolute Gasteiger partial charge is 0.244 e. The molecule has 1 fully saturated rings. The lowest BCUT2D eigenvalue weighted by atomic mass is 9.74. The molecule has 156 valence electrons. The van der Waals surface area contributed by atoms with E-state index in [0.29, 0.717) is 13.1 Å². The molecule has 0 unspecified atom stereocenters. The van der Waals surface area contributed by atoms with Crippen LogP contribution in [0.4, 0.5) is 10.1 Å². The van der Waals surface area contributed by atoms with Crippen LogP contribution in [0.3, 0.4) is 0 Å². The van der Waals surface area contributed by atoms with Crippen LogP contribution in [0, 0.1) is 5.82 Å². The Labute approximate surface area is 182 Å². The van der Waals surface area contributed by atoms with Crippen molar-refractivity contribution in [1.29, 1.82) is 0 Å². The molecule has 2 aliphatic heterocycles. The van der Waals surface area contributed by atoms with Crippen molar-refractivity contribution in [2.45, 2.75) is 31.5 Å². The van der Waals surface area contributed by atoms with E-state index in [1.54, 1.807) is 12.1 Å². The van der Waals surface area contributed by atoms with Gasteiger partial charge in [-0.2, -0.15) is 0 Å². The molecular formula is C27H25FN2O. The quantitative estimate of drug-likeness (QED) is 0.575. The summed E-state index contributed by atoms with van der Waals surface area (Å²) >= 11 is 0. The highest BCUT2D eigenvalue weighted by Crippen LogP contribution is 2.56. The maximum absolute atomic E-state index is 13.4. The summed E-state index contributed by atoms with van der Waals surface area (Å²) in [5.74, 6) is -0.150. The molecule has 31 heavy (non-hydrogen) atoms. The van der Waals surface area contributed by atoms with E-state index in [1.165, 1.54) is 17.7 Å². The number of carbonyl (C=O) groups excluding carboxylic acids is 1. The minimum Gasteiger partial charge on any atom is -0.335 e. The first-order valence-electron chi connectivity index (χ1n) is 10.6. The van der Waals surface area contributed by atoms with E-state index in [-0.39, 0.29) is 17.1 Å². The SMILES string of the molecule is CC1(C)c2ccccc2N2CC(=O)N(Cc3ccccc3)[C@]21/C=C/c1ccc(F)cc1.